The number of aryl methyl sites for hydroxylation is 1. The van der Waals surface area contributed by atoms with Crippen LogP contribution in [0.5, 0.6) is 0 Å². The number of aromatic nitrogens is 4. The van der Waals surface area contributed by atoms with E-state index in [1.54, 1.807) is 13.0 Å². The van der Waals surface area contributed by atoms with Crippen LogP contribution >= 0.6 is 0 Å². The fourth-order valence-corrected chi connectivity index (χ4v) is 2.30. The molecule has 0 amide bonds. The number of anilines is 1. The monoisotopic (exact) mass is 299 g/mol. The number of halogens is 3. The first kappa shape index (κ1) is 13.8. The molecular weight excluding hydrogens is 287 g/mol. The minimum Gasteiger partial charge on any atom is -0.422 e. The summed E-state index contributed by atoms with van der Waals surface area (Å²) in [5, 5.41) is 7.30. The number of hydrogen-bond acceptors (Lipinski definition) is 6. The molecule has 1 unspecified atom stereocenters. The average molecular weight is 299 g/mol. The molecule has 3 rings (SSSR count). The van der Waals surface area contributed by atoms with Crippen molar-refractivity contribution in [2.75, 3.05) is 18.0 Å². The van der Waals surface area contributed by atoms with Crippen LogP contribution in [-0.2, 0) is 0 Å². The van der Waals surface area contributed by atoms with Gasteiger partial charge in [0.15, 0.2) is 0 Å². The van der Waals surface area contributed by atoms with Crippen LogP contribution in [0.1, 0.15) is 12.1 Å². The van der Waals surface area contributed by atoms with Gasteiger partial charge in [-0.15, -0.1) is 10.2 Å². The molecule has 0 radical (unpaired) electrons. The molecule has 2 aromatic heterocycles. The molecule has 21 heavy (non-hydrogen) atoms. The molecule has 1 fully saturated rings. The van der Waals surface area contributed by atoms with E-state index in [1.165, 1.54) is 11.3 Å². The maximum atomic E-state index is 12.7. The third-order valence-electron chi connectivity index (χ3n) is 3.36. The Bertz CT molecular complexity index is 628. The second kappa shape index (κ2) is 4.97. The smallest absolute Gasteiger partial charge is 0.393 e. The van der Waals surface area contributed by atoms with Crippen LogP contribution in [-0.4, -0.2) is 39.4 Å². The zero-order valence-corrected chi connectivity index (χ0v) is 11.1. The van der Waals surface area contributed by atoms with Gasteiger partial charge in [0.05, 0.1) is 5.92 Å². The Morgan fingerprint density at radius 2 is 2.14 bits per heavy atom. The molecule has 1 atom stereocenters. The summed E-state index contributed by atoms with van der Waals surface area (Å²) in [4.78, 5) is 9.96. The largest absolute Gasteiger partial charge is 0.422 e. The zero-order valence-electron chi connectivity index (χ0n) is 11.1. The van der Waals surface area contributed by atoms with Crippen molar-refractivity contribution in [1.82, 2.24) is 20.2 Å². The van der Waals surface area contributed by atoms with Crippen molar-refractivity contribution in [2.24, 2.45) is 5.92 Å². The van der Waals surface area contributed by atoms with Crippen molar-refractivity contribution in [1.29, 1.82) is 0 Å². The predicted molar refractivity (Wildman–Crippen MR) is 66.4 cm³/mol. The van der Waals surface area contributed by atoms with Crippen molar-refractivity contribution in [2.45, 2.75) is 19.5 Å². The second-order valence-electron chi connectivity index (χ2n) is 4.91. The Balaban J connectivity index is 1.87. The summed E-state index contributed by atoms with van der Waals surface area (Å²) in [7, 11) is 0. The highest BCUT2D eigenvalue weighted by Gasteiger charge is 2.44. The van der Waals surface area contributed by atoms with E-state index < -0.39 is 12.1 Å². The Hall–Kier alpha value is -2.19. The first-order valence-corrected chi connectivity index (χ1v) is 6.37. The third-order valence-corrected chi connectivity index (χ3v) is 3.36. The molecule has 1 saturated heterocycles. The maximum absolute atomic E-state index is 12.7. The number of alkyl halides is 3. The lowest BCUT2D eigenvalue weighted by molar-refractivity contribution is -0.168. The van der Waals surface area contributed by atoms with Crippen LogP contribution in [0.15, 0.2) is 16.9 Å². The van der Waals surface area contributed by atoms with E-state index in [-0.39, 0.29) is 31.3 Å². The second-order valence-corrected chi connectivity index (χ2v) is 4.91. The Morgan fingerprint density at radius 3 is 2.76 bits per heavy atom. The molecule has 9 heteroatoms. The third kappa shape index (κ3) is 2.81. The van der Waals surface area contributed by atoms with E-state index in [2.05, 4.69) is 20.2 Å². The van der Waals surface area contributed by atoms with Gasteiger partial charge in [0, 0.05) is 18.8 Å². The van der Waals surface area contributed by atoms with Crippen LogP contribution in [0.4, 0.5) is 19.1 Å². The van der Waals surface area contributed by atoms with Gasteiger partial charge >= 0.3 is 6.18 Å². The molecule has 0 aliphatic carbocycles. The highest BCUT2D eigenvalue weighted by atomic mass is 19.4. The fourth-order valence-electron chi connectivity index (χ4n) is 2.30. The molecule has 0 saturated carbocycles. The van der Waals surface area contributed by atoms with Crippen molar-refractivity contribution >= 4 is 5.95 Å². The van der Waals surface area contributed by atoms with E-state index >= 15 is 0 Å². The Morgan fingerprint density at radius 1 is 1.33 bits per heavy atom. The predicted octanol–water partition coefficient (Wildman–Crippen LogP) is 2.22. The normalized spacial score (nSPS) is 19.2. The minimum absolute atomic E-state index is 0.0523. The Labute approximate surface area is 118 Å². The van der Waals surface area contributed by atoms with Gasteiger partial charge in [0.2, 0.25) is 12.3 Å². The van der Waals surface area contributed by atoms with Gasteiger partial charge in [-0.05, 0) is 19.4 Å². The standard InChI is InChI=1S/C12H12F3N5O/c1-7-4-9(10-19-16-6-21-10)18-11(17-7)20-3-2-8(5-20)12(13,14)15/h4,6,8H,2-3,5H2,1H3. The number of hydrogen-bond donors (Lipinski definition) is 0. The van der Waals surface area contributed by atoms with Gasteiger partial charge in [-0.2, -0.15) is 13.2 Å². The molecule has 3 heterocycles. The van der Waals surface area contributed by atoms with Gasteiger partial charge < -0.3 is 9.32 Å². The van der Waals surface area contributed by atoms with Crippen LogP contribution < -0.4 is 4.90 Å². The van der Waals surface area contributed by atoms with Gasteiger partial charge in [-0.25, -0.2) is 9.97 Å². The van der Waals surface area contributed by atoms with Gasteiger partial charge in [0.1, 0.15) is 5.69 Å². The first-order valence-electron chi connectivity index (χ1n) is 6.37. The Kier molecular flexibility index (Phi) is 3.26. The number of rotatable bonds is 2. The van der Waals surface area contributed by atoms with E-state index in [4.69, 9.17) is 4.42 Å². The quantitative estimate of drug-likeness (QED) is 0.847. The molecule has 0 spiro atoms. The van der Waals surface area contributed by atoms with Gasteiger partial charge in [-0.1, -0.05) is 0 Å². The van der Waals surface area contributed by atoms with Crippen molar-refractivity contribution in [3.63, 3.8) is 0 Å². The summed E-state index contributed by atoms with van der Waals surface area (Å²) in [5.41, 5.74) is 1.04. The van der Waals surface area contributed by atoms with Crippen LogP contribution in [0.3, 0.4) is 0 Å². The first-order chi connectivity index (χ1) is 9.93. The molecule has 112 valence electrons. The van der Waals surface area contributed by atoms with Crippen LogP contribution in [0.2, 0.25) is 0 Å². The zero-order chi connectivity index (χ0) is 15.0. The summed E-state index contributed by atoms with van der Waals surface area (Å²) in [6, 6.07) is 1.65. The highest BCUT2D eigenvalue weighted by Crippen LogP contribution is 2.34. The van der Waals surface area contributed by atoms with E-state index in [0.717, 1.165) is 0 Å². The lowest BCUT2D eigenvalue weighted by atomic mass is 10.1. The van der Waals surface area contributed by atoms with Crippen molar-refractivity contribution < 1.29 is 17.6 Å². The molecule has 1 aliphatic rings. The number of nitrogens with zero attached hydrogens (tertiary/aromatic N) is 5. The van der Waals surface area contributed by atoms with Gasteiger partial charge in [0.25, 0.3) is 5.89 Å². The minimum atomic E-state index is -4.19. The molecule has 0 N–H and O–H groups in total. The highest BCUT2D eigenvalue weighted by molar-refractivity contribution is 5.50. The molecule has 6 nitrogen and oxygen atoms in total. The molecule has 0 bridgehead atoms. The summed E-state index contributed by atoms with van der Waals surface area (Å²) in [6.07, 6.45) is -2.97. The molecule has 1 aliphatic heterocycles. The summed E-state index contributed by atoms with van der Waals surface area (Å²) < 4.78 is 43.2. The van der Waals surface area contributed by atoms with E-state index in [9.17, 15) is 13.2 Å². The molecule has 0 aromatic carbocycles. The van der Waals surface area contributed by atoms with Gasteiger partial charge in [-0.3, -0.25) is 0 Å². The lowest BCUT2D eigenvalue weighted by Gasteiger charge is -2.18. The van der Waals surface area contributed by atoms with Crippen LogP contribution in [0, 0.1) is 12.8 Å². The fraction of sp³-hybridized carbons (Fsp3) is 0.500. The molecular formula is C12H12F3N5O. The van der Waals surface area contributed by atoms with Crippen molar-refractivity contribution in [3.05, 3.63) is 18.2 Å². The average Bonchev–Trinajstić information content (AvgIpc) is 3.09. The summed E-state index contributed by atoms with van der Waals surface area (Å²) in [6.45, 7) is 1.88. The van der Waals surface area contributed by atoms with E-state index in [1.807, 2.05) is 0 Å². The van der Waals surface area contributed by atoms with Crippen LogP contribution in [0.25, 0.3) is 11.6 Å². The lowest BCUT2D eigenvalue weighted by Crippen LogP contribution is -2.28. The molecule has 2 aromatic rings. The van der Waals surface area contributed by atoms with E-state index in [0.29, 0.717) is 11.4 Å². The van der Waals surface area contributed by atoms with Crippen molar-refractivity contribution in [3.8, 4) is 11.6 Å². The topological polar surface area (TPSA) is 67.9 Å². The SMILES string of the molecule is Cc1cc(-c2nnco2)nc(N2CCC(C(F)(F)F)C2)n1. The summed E-state index contributed by atoms with van der Waals surface area (Å²) in [5.74, 6) is -0.864. The maximum Gasteiger partial charge on any atom is 0.393 e. The summed E-state index contributed by atoms with van der Waals surface area (Å²) >= 11 is 0.